The number of benzene rings is 1. The van der Waals surface area contributed by atoms with E-state index in [4.69, 9.17) is 23.2 Å². The van der Waals surface area contributed by atoms with Crippen LogP contribution < -0.4 is 10.2 Å². The summed E-state index contributed by atoms with van der Waals surface area (Å²) in [5, 5.41) is 3.67. The second kappa shape index (κ2) is 6.24. The predicted octanol–water partition coefficient (Wildman–Crippen LogP) is 3.26. The van der Waals surface area contributed by atoms with Crippen LogP contribution in [0.25, 0.3) is 0 Å². The van der Waals surface area contributed by atoms with Crippen molar-refractivity contribution in [3.05, 3.63) is 28.2 Å². The minimum Gasteiger partial charge on any atom is -0.342 e. The molecule has 0 aromatic heterocycles. The van der Waals surface area contributed by atoms with Gasteiger partial charge >= 0.3 is 0 Å². The molecule has 0 aliphatic carbocycles. The van der Waals surface area contributed by atoms with Gasteiger partial charge in [-0.05, 0) is 31.0 Å². The Labute approximate surface area is 134 Å². The van der Waals surface area contributed by atoms with Gasteiger partial charge in [0.25, 0.3) is 5.91 Å². The minimum atomic E-state index is -0.617. The molecule has 2 amide bonds. The van der Waals surface area contributed by atoms with E-state index < -0.39 is 12.1 Å². The van der Waals surface area contributed by atoms with Gasteiger partial charge in [0.1, 0.15) is 12.1 Å². The fourth-order valence-corrected chi connectivity index (χ4v) is 2.79. The summed E-state index contributed by atoms with van der Waals surface area (Å²) < 4.78 is 0. The van der Waals surface area contributed by atoms with E-state index in [1.165, 1.54) is 4.90 Å². The van der Waals surface area contributed by atoms with Crippen LogP contribution in [0.5, 0.6) is 0 Å². The van der Waals surface area contributed by atoms with E-state index in [1.807, 2.05) is 13.8 Å². The van der Waals surface area contributed by atoms with Crippen LogP contribution in [0.2, 0.25) is 10.0 Å². The summed E-state index contributed by atoms with van der Waals surface area (Å²) >= 11 is 12.2. The van der Waals surface area contributed by atoms with Crippen LogP contribution in [-0.2, 0) is 9.59 Å². The number of piperazine rings is 1. The van der Waals surface area contributed by atoms with Gasteiger partial charge in [0.2, 0.25) is 5.91 Å². The summed E-state index contributed by atoms with van der Waals surface area (Å²) in [6.07, 6.45) is 0.794. The van der Waals surface area contributed by atoms with Gasteiger partial charge in [-0.1, -0.05) is 43.5 Å². The van der Waals surface area contributed by atoms with E-state index in [0.29, 0.717) is 15.7 Å². The Bertz CT molecular complexity index is 577. The molecule has 114 valence electrons. The Hall–Kier alpha value is -1.26. The Morgan fingerprint density at radius 3 is 2.62 bits per heavy atom. The summed E-state index contributed by atoms with van der Waals surface area (Å²) in [5.74, 6) is -0.286. The number of halogens is 2. The molecule has 2 rings (SSSR count). The lowest BCUT2D eigenvalue weighted by molar-refractivity contribution is -0.134. The molecule has 1 fully saturated rings. The molecule has 3 unspecified atom stereocenters. The third-order valence-corrected chi connectivity index (χ3v) is 4.50. The van der Waals surface area contributed by atoms with E-state index in [9.17, 15) is 9.59 Å². The predicted molar refractivity (Wildman–Crippen MR) is 84.8 cm³/mol. The molecule has 0 spiro atoms. The number of amides is 2. The number of nitrogens with one attached hydrogen (secondary N) is 1. The fourth-order valence-electron chi connectivity index (χ4n) is 2.41. The lowest BCUT2D eigenvalue weighted by atomic mass is 9.94. The highest BCUT2D eigenvalue weighted by atomic mass is 35.5. The van der Waals surface area contributed by atoms with Crippen LogP contribution in [0.15, 0.2) is 18.2 Å². The SMILES string of the molecule is CCC(C)C1NC(=O)C(C)N(c2cc(Cl)ccc2Cl)C1=O. The molecule has 3 atom stereocenters. The van der Waals surface area contributed by atoms with Gasteiger partial charge in [0.15, 0.2) is 0 Å². The first-order valence-corrected chi connectivity index (χ1v) is 7.71. The lowest BCUT2D eigenvalue weighted by Crippen LogP contribution is -2.64. The van der Waals surface area contributed by atoms with E-state index >= 15 is 0 Å². The average Bonchev–Trinajstić information content (AvgIpc) is 2.46. The molecule has 1 aliphatic rings. The molecule has 1 aromatic carbocycles. The molecule has 1 aromatic rings. The maximum atomic E-state index is 12.8. The van der Waals surface area contributed by atoms with E-state index in [0.717, 1.165) is 6.42 Å². The van der Waals surface area contributed by atoms with Gasteiger partial charge in [-0.25, -0.2) is 0 Å². The highest BCUT2D eigenvalue weighted by Crippen LogP contribution is 2.33. The molecule has 1 heterocycles. The van der Waals surface area contributed by atoms with Crippen molar-refractivity contribution in [1.82, 2.24) is 5.32 Å². The topological polar surface area (TPSA) is 49.4 Å². The third-order valence-electron chi connectivity index (χ3n) is 3.95. The van der Waals surface area contributed by atoms with Crippen molar-refractivity contribution in [3.8, 4) is 0 Å². The first-order valence-electron chi connectivity index (χ1n) is 6.95. The molecule has 4 nitrogen and oxygen atoms in total. The second-order valence-corrected chi connectivity index (χ2v) is 6.20. The van der Waals surface area contributed by atoms with Crippen LogP contribution >= 0.6 is 23.2 Å². The number of anilines is 1. The van der Waals surface area contributed by atoms with Crippen molar-refractivity contribution < 1.29 is 9.59 Å². The van der Waals surface area contributed by atoms with E-state index in [2.05, 4.69) is 5.32 Å². The zero-order valence-corrected chi connectivity index (χ0v) is 13.7. The summed E-state index contributed by atoms with van der Waals surface area (Å²) in [6.45, 7) is 5.60. The molecule has 0 radical (unpaired) electrons. The molecule has 0 saturated carbocycles. The monoisotopic (exact) mass is 328 g/mol. The Morgan fingerprint density at radius 2 is 2.00 bits per heavy atom. The Balaban J connectivity index is 2.46. The van der Waals surface area contributed by atoms with Crippen LogP contribution in [0.3, 0.4) is 0 Å². The van der Waals surface area contributed by atoms with E-state index in [-0.39, 0.29) is 17.7 Å². The van der Waals surface area contributed by atoms with Crippen molar-refractivity contribution >= 4 is 40.7 Å². The number of hydrogen-bond donors (Lipinski definition) is 1. The van der Waals surface area contributed by atoms with Crippen LogP contribution in [0, 0.1) is 5.92 Å². The fraction of sp³-hybridized carbons (Fsp3) is 0.467. The number of nitrogens with zero attached hydrogens (tertiary/aromatic N) is 1. The van der Waals surface area contributed by atoms with Crippen molar-refractivity contribution in [2.75, 3.05) is 4.90 Å². The second-order valence-electron chi connectivity index (χ2n) is 5.35. The smallest absolute Gasteiger partial charge is 0.250 e. The quantitative estimate of drug-likeness (QED) is 0.925. The number of rotatable bonds is 3. The van der Waals surface area contributed by atoms with Gasteiger partial charge in [-0.15, -0.1) is 0 Å². The molecule has 6 heteroatoms. The standard InChI is InChI=1S/C15H18Cl2N2O2/c1-4-8(2)13-15(21)19(9(3)14(20)18-13)12-7-10(16)5-6-11(12)17/h5-9,13H,4H2,1-3H3,(H,18,20). The number of carbonyl (C=O) groups excluding carboxylic acids is 2. The Kier molecular flexibility index (Phi) is 4.79. The zero-order valence-electron chi connectivity index (χ0n) is 12.2. The largest absolute Gasteiger partial charge is 0.342 e. The molecule has 21 heavy (non-hydrogen) atoms. The van der Waals surface area contributed by atoms with E-state index in [1.54, 1.807) is 25.1 Å². The van der Waals surface area contributed by atoms with Crippen molar-refractivity contribution in [3.63, 3.8) is 0 Å². The molecular formula is C15H18Cl2N2O2. The van der Waals surface area contributed by atoms with Gasteiger partial charge in [0.05, 0.1) is 10.7 Å². The maximum absolute atomic E-state index is 12.8. The van der Waals surface area contributed by atoms with Crippen molar-refractivity contribution in [2.45, 2.75) is 39.3 Å². The Morgan fingerprint density at radius 1 is 1.33 bits per heavy atom. The normalized spacial score (nSPS) is 24.0. The van der Waals surface area contributed by atoms with Gasteiger partial charge in [-0.2, -0.15) is 0 Å². The van der Waals surface area contributed by atoms with Crippen LogP contribution in [0.1, 0.15) is 27.2 Å². The highest BCUT2D eigenvalue weighted by molar-refractivity contribution is 6.36. The summed E-state index contributed by atoms with van der Waals surface area (Å²) in [6, 6.07) is 3.75. The highest BCUT2D eigenvalue weighted by Gasteiger charge is 2.41. The van der Waals surface area contributed by atoms with Gasteiger partial charge in [-0.3, -0.25) is 14.5 Å². The van der Waals surface area contributed by atoms with Crippen molar-refractivity contribution in [1.29, 1.82) is 0 Å². The summed E-state index contributed by atoms with van der Waals surface area (Å²) in [4.78, 5) is 26.4. The van der Waals surface area contributed by atoms with Gasteiger partial charge < -0.3 is 5.32 Å². The molecular weight excluding hydrogens is 311 g/mol. The maximum Gasteiger partial charge on any atom is 0.250 e. The molecule has 1 saturated heterocycles. The lowest BCUT2D eigenvalue weighted by Gasteiger charge is -2.39. The van der Waals surface area contributed by atoms with Gasteiger partial charge in [0, 0.05) is 5.02 Å². The van der Waals surface area contributed by atoms with Crippen LogP contribution in [0.4, 0.5) is 5.69 Å². The minimum absolute atomic E-state index is 0.0504. The molecule has 1 aliphatic heterocycles. The summed E-state index contributed by atoms with van der Waals surface area (Å²) in [5.41, 5.74) is 0.477. The molecule has 0 bridgehead atoms. The zero-order chi connectivity index (χ0) is 15.7. The number of carbonyl (C=O) groups is 2. The van der Waals surface area contributed by atoms with Crippen molar-refractivity contribution in [2.24, 2.45) is 5.92 Å². The average molecular weight is 329 g/mol. The van der Waals surface area contributed by atoms with Crippen LogP contribution in [-0.4, -0.2) is 23.9 Å². The molecule has 1 N–H and O–H groups in total. The summed E-state index contributed by atoms with van der Waals surface area (Å²) in [7, 11) is 0. The first-order chi connectivity index (χ1) is 9.86. The first kappa shape index (κ1) is 16.1. The number of hydrogen-bond acceptors (Lipinski definition) is 2. The third kappa shape index (κ3) is 3.01.